The van der Waals surface area contributed by atoms with E-state index in [2.05, 4.69) is 24.0 Å². The molecule has 0 saturated carbocycles. The molecule has 0 radical (unpaired) electrons. The Labute approximate surface area is 219 Å². The lowest BCUT2D eigenvalue weighted by molar-refractivity contribution is 0.183. The Balaban J connectivity index is 1.45. The molecule has 2 aliphatic heterocycles. The zero-order valence-electron chi connectivity index (χ0n) is 21.8. The summed E-state index contributed by atoms with van der Waals surface area (Å²) in [6.07, 6.45) is 3.53. The number of phenols is 1. The van der Waals surface area contributed by atoms with Gasteiger partial charge < -0.3 is 24.1 Å². The van der Waals surface area contributed by atoms with E-state index in [0.29, 0.717) is 12.4 Å². The van der Waals surface area contributed by atoms with Crippen molar-refractivity contribution < 1.29 is 24.1 Å². The zero-order chi connectivity index (χ0) is 25.8. The van der Waals surface area contributed by atoms with Crippen molar-refractivity contribution in [3.63, 3.8) is 0 Å². The van der Waals surface area contributed by atoms with Crippen molar-refractivity contribution in [2.75, 3.05) is 40.5 Å². The summed E-state index contributed by atoms with van der Waals surface area (Å²) in [7, 11) is 3.27. The molecule has 0 amide bonds. The maximum Gasteiger partial charge on any atom is 0.150 e. The van der Waals surface area contributed by atoms with Crippen molar-refractivity contribution >= 4 is 11.1 Å². The van der Waals surface area contributed by atoms with Gasteiger partial charge in [0.05, 0.1) is 14.2 Å². The molecular weight excluding hydrogens is 466 g/mol. The predicted octanol–water partition coefficient (Wildman–Crippen LogP) is 6.34. The fourth-order valence-corrected chi connectivity index (χ4v) is 5.26. The third kappa shape index (κ3) is 5.39. The lowest BCUT2D eigenvalue weighted by atomic mass is 9.85. The molecule has 0 spiro atoms. The number of likely N-dealkylation sites (tertiary alicyclic amines) is 1. The van der Waals surface area contributed by atoms with Gasteiger partial charge in [0.25, 0.3) is 0 Å². The molecule has 3 aromatic carbocycles. The Morgan fingerprint density at radius 3 is 2.32 bits per heavy atom. The first-order valence-electron chi connectivity index (χ1n) is 13.0. The highest BCUT2D eigenvalue weighted by molar-refractivity contribution is 5.97. The summed E-state index contributed by atoms with van der Waals surface area (Å²) >= 11 is 0. The fourth-order valence-electron chi connectivity index (χ4n) is 5.26. The summed E-state index contributed by atoms with van der Waals surface area (Å²) in [6.45, 7) is 6.08. The van der Waals surface area contributed by atoms with Gasteiger partial charge in [-0.15, -0.1) is 0 Å². The minimum absolute atomic E-state index is 0.156. The van der Waals surface area contributed by atoms with Gasteiger partial charge in [-0.2, -0.15) is 0 Å². The fraction of sp³-hybridized carbons (Fsp3) is 0.355. The number of aromatic hydroxyl groups is 1. The van der Waals surface area contributed by atoms with Gasteiger partial charge in [-0.3, -0.25) is 4.90 Å². The van der Waals surface area contributed by atoms with Crippen LogP contribution in [0.25, 0.3) is 11.1 Å². The van der Waals surface area contributed by atoms with Gasteiger partial charge in [0, 0.05) is 35.4 Å². The van der Waals surface area contributed by atoms with E-state index in [1.807, 2.05) is 36.4 Å². The molecule has 6 heteroatoms. The van der Waals surface area contributed by atoms with Gasteiger partial charge in [0.1, 0.15) is 41.5 Å². The highest BCUT2D eigenvalue weighted by Gasteiger charge is 2.31. The molecule has 1 N–H and O–H groups in total. The Hall–Kier alpha value is -3.64. The average Bonchev–Trinajstić information content (AvgIpc) is 2.94. The minimum atomic E-state index is -0.375. The lowest BCUT2D eigenvalue weighted by Gasteiger charge is -2.32. The summed E-state index contributed by atoms with van der Waals surface area (Å²) < 4.78 is 23.8. The van der Waals surface area contributed by atoms with Crippen LogP contribution in [-0.4, -0.2) is 50.5 Å². The quantitative estimate of drug-likeness (QED) is 0.389. The third-order valence-corrected chi connectivity index (χ3v) is 7.29. The van der Waals surface area contributed by atoms with Gasteiger partial charge in [-0.05, 0) is 80.4 Å². The van der Waals surface area contributed by atoms with Crippen LogP contribution in [0, 0.1) is 0 Å². The minimum Gasteiger partial charge on any atom is -0.508 e. The molecule has 1 atom stereocenters. The summed E-state index contributed by atoms with van der Waals surface area (Å²) in [4.78, 5) is 2.48. The van der Waals surface area contributed by atoms with E-state index in [0.717, 1.165) is 51.6 Å². The SMILES string of the molecule is COc1ccc2c(c1)O[C@@H](c1ccc(OCCN3CCCCC3)cc1)C(c1ccc(O)cc1OC)=C2C. The highest BCUT2D eigenvalue weighted by Crippen LogP contribution is 2.49. The smallest absolute Gasteiger partial charge is 0.150 e. The van der Waals surface area contributed by atoms with E-state index in [-0.39, 0.29) is 11.9 Å². The van der Waals surface area contributed by atoms with Crippen LogP contribution < -0.4 is 18.9 Å². The number of nitrogens with zero attached hydrogens (tertiary/aromatic N) is 1. The van der Waals surface area contributed by atoms with Gasteiger partial charge in [-0.25, -0.2) is 0 Å². The maximum atomic E-state index is 10.1. The van der Waals surface area contributed by atoms with Crippen LogP contribution in [0.3, 0.4) is 0 Å². The first kappa shape index (κ1) is 25.0. The van der Waals surface area contributed by atoms with E-state index < -0.39 is 0 Å². The number of hydrogen-bond donors (Lipinski definition) is 1. The second kappa shape index (κ2) is 11.2. The summed E-state index contributed by atoms with van der Waals surface area (Å²) in [5.74, 6) is 3.11. The number of rotatable bonds is 8. The van der Waals surface area contributed by atoms with Gasteiger partial charge >= 0.3 is 0 Å². The van der Waals surface area contributed by atoms with E-state index in [1.165, 1.54) is 32.4 Å². The summed E-state index contributed by atoms with van der Waals surface area (Å²) in [6, 6.07) is 19.2. The van der Waals surface area contributed by atoms with Crippen molar-refractivity contribution in [1.29, 1.82) is 0 Å². The Morgan fingerprint density at radius 2 is 1.59 bits per heavy atom. The molecule has 6 nitrogen and oxygen atoms in total. The molecule has 5 rings (SSSR count). The molecule has 0 unspecified atom stereocenters. The molecule has 194 valence electrons. The van der Waals surface area contributed by atoms with Gasteiger partial charge in [-0.1, -0.05) is 18.6 Å². The van der Waals surface area contributed by atoms with E-state index in [9.17, 15) is 5.11 Å². The van der Waals surface area contributed by atoms with Crippen molar-refractivity contribution in [3.05, 3.63) is 77.4 Å². The van der Waals surface area contributed by atoms with Crippen LogP contribution >= 0.6 is 0 Å². The molecule has 0 aromatic heterocycles. The Kier molecular flexibility index (Phi) is 7.56. The van der Waals surface area contributed by atoms with Crippen LogP contribution in [0.4, 0.5) is 0 Å². The Morgan fingerprint density at radius 1 is 0.865 bits per heavy atom. The second-order valence-corrected chi connectivity index (χ2v) is 9.60. The predicted molar refractivity (Wildman–Crippen MR) is 146 cm³/mol. The van der Waals surface area contributed by atoms with Crippen LogP contribution in [0.15, 0.2) is 60.7 Å². The number of methoxy groups -OCH3 is 2. The molecule has 2 heterocycles. The maximum absolute atomic E-state index is 10.1. The van der Waals surface area contributed by atoms with Crippen LogP contribution in [0.5, 0.6) is 28.7 Å². The normalized spacial score (nSPS) is 17.6. The van der Waals surface area contributed by atoms with Crippen LogP contribution in [-0.2, 0) is 0 Å². The summed E-state index contributed by atoms with van der Waals surface area (Å²) in [5.41, 5.74) is 4.96. The molecule has 2 aliphatic rings. The molecule has 3 aromatic rings. The van der Waals surface area contributed by atoms with Gasteiger partial charge in [0.15, 0.2) is 0 Å². The van der Waals surface area contributed by atoms with Crippen LogP contribution in [0.2, 0.25) is 0 Å². The number of hydrogen-bond acceptors (Lipinski definition) is 6. The standard InChI is InChI=1S/C31H35NO5/c1-21-26-14-12-25(34-2)20-29(26)37-31(30(21)27-13-9-23(33)19-28(27)35-3)22-7-10-24(11-8-22)36-18-17-32-15-5-4-6-16-32/h7-14,19-20,31,33H,4-6,15-18H2,1-3H3/t31-/m0/s1. The topological polar surface area (TPSA) is 60.4 Å². The molecule has 0 bridgehead atoms. The first-order valence-corrected chi connectivity index (χ1v) is 13.0. The highest BCUT2D eigenvalue weighted by atomic mass is 16.5. The van der Waals surface area contributed by atoms with E-state index in [1.54, 1.807) is 26.4 Å². The van der Waals surface area contributed by atoms with Crippen molar-refractivity contribution in [3.8, 4) is 28.7 Å². The molecule has 1 fully saturated rings. The second-order valence-electron chi connectivity index (χ2n) is 9.60. The van der Waals surface area contributed by atoms with E-state index in [4.69, 9.17) is 18.9 Å². The number of fused-ring (bicyclic) bond motifs is 1. The number of benzene rings is 3. The van der Waals surface area contributed by atoms with E-state index >= 15 is 0 Å². The monoisotopic (exact) mass is 501 g/mol. The lowest BCUT2D eigenvalue weighted by Crippen LogP contribution is -2.33. The number of allylic oxidation sites excluding steroid dienone is 1. The zero-order valence-corrected chi connectivity index (χ0v) is 21.8. The number of ether oxygens (including phenoxy) is 4. The molecule has 1 saturated heterocycles. The first-order chi connectivity index (χ1) is 18.1. The summed E-state index contributed by atoms with van der Waals surface area (Å²) in [5, 5.41) is 10.1. The largest absolute Gasteiger partial charge is 0.508 e. The van der Waals surface area contributed by atoms with Crippen molar-refractivity contribution in [2.45, 2.75) is 32.3 Å². The Bertz CT molecular complexity index is 1260. The number of piperidine rings is 1. The molecule has 37 heavy (non-hydrogen) atoms. The molecular formula is C31H35NO5. The number of phenolic OH excluding ortho intramolecular Hbond substituents is 1. The van der Waals surface area contributed by atoms with Crippen molar-refractivity contribution in [1.82, 2.24) is 4.90 Å². The van der Waals surface area contributed by atoms with Gasteiger partial charge in [0.2, 0.25) is 0 Å². The third-order valence-electron chi connectivity index (χ3n) is 7.29. The van der Waals surface area contributed by atoms with Crippen molar-refractivity contribution in [2.24, 2.45) is 0 Å². The molecule has 0 aliphatic carbocycles. The average molecular weight is 502 g/mol. The van der Waals surface area contributed by atoms with Crippen LogP contribution in [0.1, 0.15) is 49.0 Å².